The highest BCUT2D eigenvalue weighted by molar-refractivity contribution is 5.70. The highest BCUT2D eigenvalue weighted by Gasteiger charge is 2.18. The van der Waals surface area contributed by atoms with Crippen molar-refractivity contribution in [1.82, 2.24) is 4.90 Å². The first kappa shape index (κ1) is 47.9. The van der Waals surface area contributed by atoms with E-state index in [9.17, 15) is 14.4 Å². The number of carbonyl (C=O) groups excluding carboxylic acids is 3. The number of esters is 3. The molecule has 7 heteroatoms. The molecule has 0 aliphatic carbocycles. The van der Waals surface area contributed by atoms with Crippen molar-refractivity contribution in [2.75, 3.05) is 39.5 Å². The Morgan fingerprint density at radius 3 is 1.13 bits per heavy atom. The lowest BCUT2D eigenvalue weighted by Crippen LogP contribution is -2.37. The van der Waals surface area contributed by atoms with Crippen LogP contribution in [0.4, 0.5) is 0 Å². The van der Waals surface area contributed by atoms with E-state index in [-0.39, 0.29) is 43.6 Å². The summed E-state index contributed by atoms with van der Waals surface area (Å²) >= 11 is 0. The molecule has 0 aromatic heterocycles. The van der Waals surface area contributed by atoms with Gasteiger partial charge in [-0.05, 0) is 103 Å². The average molecular weight is 732 g/mol. The Kier molecular flexibility index (Phi) is 34.2. The largest absolute Gasteiger partial charge is 0.465 e. The van der Waals surface area contributed by atoms with Crippen molar-refractivity contribution in [2.24, 2.45) is 5.92 Å². The van der Waals surface area contributed by atoms with Crippen LogP contribution in [0.2, 0.25) is 0 Å². The van der Waals surface area contributed by atoms with Crippen LogP contribution in [0.5, 0.6) is 0 Å². The van der Waals surface area contributed by atoms with Crippen LogP contribution < -0.4 is 0 Å². The summed E-state index contributed by atoms with van der Waals surface area (Å²) in [4.78, 5) is 39.9. The fraction of sp³-hybridized carbons (Fsp3) is 0.844. The fourth-order valence-electron chi connectivity index (χ4n) is 6.35. The summed E-state index contributed by atoms with van der Waals surface area (Å²) in [6.45, 7) is 8.28. The molecule has 1 aliphatic heterocycles. The van der Waals surface area contributed by atoms with Crippen LogP contribution in [-0.2, 0) is 28.6 Å². The second-order valence-electron chi connectivity index (χ2n) is 15.2. The number of nitrogens with zero attached hydrogens (tertiary/aromatic N) is 1. The Morgan fingerprint density at radius 1 is 0.462 bits per heavy atom. The number of allylic oxidation sites excluding steroid dienone is 4. The zero-order chi connectivity index (χ0) is 37.6. The van der Waals surface area contributed by atoms with Gasteiger partial charge in [0, 0.05) is 19.3 Å². The smallest absolute Gasteiger partial charge is 0.305 e. The number of carbonyl (C=O) groups is 3. The zero-order valence-electron chi connectivity index (χ0n) is 34.0. The van der Waals surface area contributed by atoms with Crippen LogP contribution in [0.1, 0.15) is 200 Å². The topological polar surface area (TPSA) is 82.1 Å². The monoisotopic (exact) mass is 732 g/mol. The molecule has 0 spiro atoms. The van der Waals surface area contributed by atoms with Crippen LogP contribution in [-0.4, -0.2) is 62.3 Å². The molecule has 1 saturated heterocycles. The maximum Gasteiger partial charge on any atom is 0.305 e. The number of unbranched alkanes of at least 4 members (excludes halogenated alkanes) is 20. The van der Waals surface area contributed by atoms with E-state index in [0.29, 0.717) is 19.3 Å². The third-order valence-electron chi connectivity index (χ3n) is 10.0. The molecule has 1 fully saturated rings. The van der Waals surface area contributed by atoms with Gasteiger partial charge >= 0.3 is 17.9 Å². The SMILES string of the molecule is CCCCCC/C=C\CCCCCCCC(=O)OCC(COC(=O)CCCCCCC/C=C\CCCCCC)COC(=O)CCCCCN1CCC1. The molecule has 7 nitrogen and oxygen atoms in total. The summed E-state index contributed by atoms with van der Waals surface area (Å²) in [6, 6.07) is 0. The Bertz CT molecular complexity index is 846. The predicted molar refractivity (Wildman–Crippen MR) is 216 cm³/mol. The molecule has 1 aliphatic rings. The lowest BCUT2D eigenvalue weighted by molar-refractivity contribution is -0.153. The Labute approximate surface area is 320 Å². The van der Waals surface area contributed by atoms with Gasteiger partial charge in [0.1, 0.15) is 19.8 Å². The van der Waals surface area contributed by atoms with Crippen molar-refractivity contribution < 1.29 is 28.6 Å². The summed E-state index contributed by atoms with van der Waals surface area (Å²) < 4.78 is 16.7. The first-order valence-electron chi connectivity index (χ1n) is 22.0. The quantitative estimate of drug-likeness (QED) is 0.0270. The molecule has 0 saturated carbocycles. The van der Waals surface area contributed by atoms with Gasteiger partial charge in [0.2, 0.25) is 0 Å². The minimum absolute atomic E-state index is 0.0905. The van der Waals surface area contributed by atoms with E-state index in [1.54, 1.807) is 0 Å². The van der Waals surface area contributed by atoms with Crippen LogP contribution in [0, 0.1) is 5.92 Å². The first-order valence-corrected chi connectivity index (χ1v) is 22.0. The molecule has 52 heavy (non-hydrogen) atoms. The Hall–Kier alpha value is -2.15. The van der Waals surface area contributed by atoms with Gasteiger partial charge in [-0.1, -0.05) is 122 Å². The highest BCUT2D eigenvalue weighted by atomic mass is 16.6. The van der Waals surface area contributed by atoms with Gasteiger partial charge in [-0.25, -0.2) is 0 Å². The van der Waals surface area contributed by atoms with Gasteiger partial charge in [0.05, 0.1) is 5.92 Å². The van der Waals surface area contributed by atoms with Crippen LogP contribution in [0.15, 0.2) is 24.3 Å². The van der Waals surface area contributed by atoms with E-state index in [0.717, 1.165) is 77.2 Å². The highest BCUT2D eigenvalue weighted by Crippen LogP contribution is 2.13. The number of ether oxygens (including phenoxy) is 3. The summed E-state index contributed by atoms with van der Waals surface area (Å²) in [5, 5.41) is 0. The van der Waals surface area contributed by atoms with Crippen LogP contribution >= 0.6 is 0 Å². The number of hydrogen-bond donors (Lipinski definition) is 0. The van der Waals surface area contributed by atoms with E-state index in [1.165, 1.54) is 109 Å². The Balaban J connectivity index is 2.24. The maximum absolute atomic E-state index is 12.5. The molecule has 1 rings (SSSR count). The molecule has 302 valence electrons. The fourth-order valence-corrected chi connectivity index (χ4v) is 6.35. The van der Waals surface area contributed by atoms with Gasteiger partial charge in [-0.3, -0.25) is 14.4 Å². The van der Waals surface area contributed by atoms with E-state index in [4.69, 9.17) is 14.2 Å². The second kappa shape index (κ2) is 37.2. The van der Waals surface area contributed by atoms with Gasteiger partial charge in [-0.2, -0.15) is 0 Å². The van der Waals surface area contributed by atoms with Gasteiger partial charge in [0.15, 0.2) is 0 Å². The molecule has 0 aromatic carbocycles. The summed E-state index contributed by atoms with van der Waals surface area (Å²) in [5.74, 6) is -1.07. The Morgan fingerprint density at radius 2 is 0.788 bits per heavy atom. The number of rotatable bonds is 38. The second-order valence-corrected chi connectivity index (χ2v) is 15.2. The number of hydrogen-bond acceptors (Lipinski definition) is 7. The van der Waals surface area contributed by atoms with Crippen molar-refractivity contribution >= 4 is 17.9 Å². The molecule has 0 bridgehead atoms. The minimum Gasteiger partial charge on any atom is -0.465 e. The van der Waals surface area contributed by atoms with Gasteiger partial charge < -0.3 is 19.1 Å². The molecular weight excluding hydrogens is 650 g/mol. The summed E-state index contributed by atoms with van der Waals surface area (Å²) in [7, 11) is 0. The van der Waals surface area contributed by atoms with Crippen molar-refractivity contribution in [1.29, 1.82) is 0 Å². The molecule has 0 radical (unpaired) electrons. The standard InChI is InChI=1S/C45H81NO6/c1-3-5-7-9-11-13-15-17-19-21-23-25-28-33-43(47)50-39-42(41-52-45(49)35-30-27-31-36-46-37-32-38-46)40-51-44(48)34-29-26-24-22-20-18-16-14-12-10-8-6-4-2/h13-16,42H,3-12,17-41H2,1-2H3/b15-13-,16-14-. The molecular formula is C45H81NO6. The van der Waals surface area contributed by atoms with E-state index in [1.807, 2.05) is 0 Å². The van der Waals surface area contributed by atoms with Gasteiger partial charge in [0.25, 0.3) is 0 Å². The van der Waals surface area contributed by atoms with Crippen LogP contribution in [0.3, 0.4) is 0 Å². The normalized spacial score (nSPS) is 13.3. The minimum atomic E-state index is -0.359. The molecule has 0 amide bonds. The van der Waals surface area contributed by atoms with E-state index >= 15 is 0 Å². The van der Waals surface area contributed by atoms with Crippen molar-refractivity contribution in [3.8, 4) is 0 Å². The molecule has 1 heterocycles. The molecule has 0 N–H and O–H groups in total. The molecule has 0 unspecified atom stereocenters. The van der Waals surface area contributed by atoms with Crippen molar-refractivity contribution in [3.05, 3.63) is 24.3 Å². The molecule has 0 atom stereocenters. The lowest BCUT2D eigenvalue weighted by Gasteiger charge is -2.30. The number of likely N-dealkylation sites (tertiary alicyclic amines) is 1. The van der Waals surface area contributed by atoms with Gasteiger partial charge in [-0.15, -0.1) is 0 Å². The van der Waals surface area contributed by atoms with Crippen LogP contribution in [0.25, 0.3) is 0 Å². The lowest BCUT2D eigenvalue weighted by atomic mass is 10.1. The van der Waals surface area contributed by atoms with E-state index in [2.05, 4.69) is 43.1 Å². The predicted octanol–water partition coefficient (Wildman–Crippen LogP) is 12.0. The maximum atomic E-state index is 12.5. The van der Waals surface area contributed by atoms with Crippen molar-refractivity contribution in [2.45, 2.75) is 200 Å². The van der Waals surface area contributed by atoms with Crippen molar-refractivity contribution in [3.63, 3.8) is 0 Å². The third kappa shape index (κ3) is 32.5. The summed E-state index contributed by atoms with van der Waals surface area (Å²) in [6.07, 6.45) is 40.6. The summed E-state index contributed by atoms with van der Waals surface area (Å²) in [5.41, 5.74) is 0. The zero-order valence-corrected chi connectivity index (χ0v) is 34.0. The molecule has 0 aromatic rings. The average Bonchev–Trinajstić information content (AvgIpc) is 3.12. The van der Waals surface area contributed by atoms with E-state index < -0.39 is 0 Å². The first-order chi connectivity index (χ1) is 25.5. The third-order valence-corrected chi connectivity index (χ3v) is 10.0.